The summed E-state index contributed by atoms with van der Waals surface area (Å²) in [5.74, 6) is -0.304. The third kappa shape index (κ3) is 4.63. The van der Waals surface area contributed by atoms with Gasteiger partial charge in [-0.05, 0) is 53.6 Å². The molecule has 0 unspecified atom stereocenters. The van der Waals surface area contributed by atoms with E-state index < -0.39 is 15.9 Å². The van der Waals surface area contributed by atoms with Crippen molar-refractivity contribution < 1.29 is 17.6 Å². The number of halogens is 1. The molecule has 3 N–H and O–H groups in total. The highest BCUT2D eigenvalue weighted by Gasteiger charge is 2.18. The SMILES string of the molecule is NC(=O)Nc1cccc(S(=O)(=O)c2ccc(C=Cc3ccc(F)cc3)cc2)c1. The van der Waals surface area contributed by atoms with Gasteiger partial charge in [-0.2, -0.15) is 0 Å². The number of hydrogen-bond donors (Lipinski definition) is 2. The monoisotopic (exact) mass is 396 g/mol. The van der Waals surface area contributed by atoms with E-state index in [0.717, 1.165) is 11.1 Å². The first-order valence-corrected chi connectivity index (χ1v) is 9.78. The summed E-state index contributed by atoms with van der Waals surface area (Å²) in [6, 6.07) is 17.5. The molecule has 3 rings (SSSR count). The van der Waals surface area contributed by atoms with Gasteiger partial charge in [-0.25, -0.2) is 17.6 Å². The molecule has 142 valence electrons. The van der Waals surface area contributed by atoms with Crippen LogP contribution in [-0.2, 0) is 9.84 Å². The van der Waals surface area contributed by atoms with Crippen LogP contribution in [0, 0.1) is 5.82 Å². The number of benzene rings is 3. The lowest BCUT2D eigenvalue weighted by molar-refractivity contribution is 0.259. The van der Waals surface area contributed by atoms with Crippen molar-refractivity contribution in [3.05, 3.63) is 89.7 Å². The summed E-state index contributed by atoms with van der Waals surface area (Å²) in [5.41, 5.74) is 6.99. The first kappa shape index (κ1) is 19.3. The van der Waals surface area contributed by atoms with Gasteiger partial charge in [0.15, 0.2) is 0 Å². The van der Waals surface area contributed by atoms with Gasteiger partial charge in [-0.3, -0.25) is 0 Å². The van der Waals surface area contributed by atoms with Crippen LogP contribution in [0.15, 0.2) is 82.6 Å². The molecular formula is C21H17FN2O3S. The van der Waals surface area contributed by atoms with Crippen molar-refractivity contribution in [3.63, 3.8) is 0 Å². The van der Waals surface area contributed by atoms with Crippen molar-refractivity contribution in [1.29, 1.82) is 0 Å². The zero-order chi connectivity index (χ0) is 20.1. The minimum Gasteiger partial charge on any atom is -0.351 e. The van der Waals surface area contributed by atoms with Crippen LogP contribution in [0.2, 0.25) is 0 Å². The van der Waals surface area contributed by atoms with Gasteiger partial charge in [-0.1, -0.05) is 42.5 Å². The van der Waals surface area contributed by atoms with Gasteiger partial charge in [0.25, 0.3) is 0 Å². The average Bonchev–Trinajstić information content (AvgIpc) is 2.67. The predicted molar refractivity (Wildman–Crippen MR) is 107 cm³/mol. The first-order chi connectivity index (χ1) is 13.3. The fourth-order valence-electron chi connectivity index (χ4n) is 2.54. The number of sulfone groups is 1. The summed E-state index contributed by atoms with van der Waals surface area (Å²) in [7, 11) is -3.74. The van der Waals surface area contributed by atoms with Gasteiger partial charge in [0.2, 0.25) is 9.84 Å². The third-order valence-electron chi connectivity index (χ3n) is 3.94. The second kappa shape index (κ2) is 8.06. The Morgan fingerprint density at radius 1 is 0.857 bits per heavy atom. The Morgan fingerprint density at radius 2 is 1.43 bits per heavy atom. The molecule has 0 radical (unpaired) electrons. The van der Waals surface area contributed by atoms with E-state index in [0.29, 0.717) is 5.69 Å². The molecule has 3 aromatic carbocycles. The number of carbonyl (C=O) groups excluding carboxylic acids is 1. The third-order valence-corrected chi connectivity index (χ3v) is 5.71. The fraction of sp³-hybridized carbons (Fsp3) is 0. The Balaban J connectivity index is 1.82. The average molecular weight is 396 g/mol. The van der Waals surface area contributed by atoms with Crippen LogP contribution in [-0.4, -0.2) is 14.4 Å². The highest BCUT2D eigenvalue weighted by molar-refractivity contribution is 7.91. The van der Waals surface area contributed by atoms with Gasteiger partial charge < -0.3 is 11.1 Å². The predicted octanol–water partition coefficient (Wildman–Crippen LogP) is 4.32. The van der Waals surface area contributed by atoms with E-state index in [2.05, 4.69) is 5.32 Å². The summed E-state index contributed by atoms with van der Waals surface area (Å²) >= 11 is 0. The Bertz CT molecular complexity index is 1120. The molecule has 0 saturated heterocycles. The van der Waals surface area contributed by atoms with Crippen molar-refractivity contribution in [2.24, 2.45) is 5.73 Å². The molecule has 5 nitrogen and oxygen atoms in total. The van der Waals surface area contributed by atoms with Gasteiger partial charge in [-0.15, -0.1) is 0 Å². The van der Waals surface area contributed by atoms with Crippen molar-refractivity contribution in [2.75, 3.05) is 5.32 Å². The zero-order valence-corrected chi connectivity index (χ0v) is 15.5. The molecule has 28 heavy (non-hydrogen) atoms. The Labute approximate surface area is 162 Å². The lowest BCUT2D eigenvalue weighted by Gasteiger charge is -2.07. The number of anilines is 1. The van der Waals surface area contributed by atoms with E-state index in [1.165, 1.54) is 42.5 Å². The molecule has 0 heterocycles. The minimum absolute atomic E-state index is 0.0494. The maximum Gasteiger partial charge on any atom is 0.316 e. The number of primary amides is 1. The van der Waals surface area contributed by atoms with E-state index in [1.807, 2.05) is 6.08 Å². The number of carbonyl (C=O) groups is 1. The van der Waals surface area contributed by atoms with Crippen LogP contribution < -0.4 is 11.1 Å². The molecule has 0 bridgehead atoms. The van der Waals surface area contributed by atoms with Crippen LogP contribution >= 0.6 is 0 Å². The van der Waals surface area contributed by atoms with Crippen molar-refractivity contribution >= 4 is 33.7 Å². The van der Waals surface area contributed by atoms with Crippen LogP contribution in [0.1, 0.15) is 11.1 Å². The van der Waals surface area contributed by atoms with Gasteiger partial charge in [0, 0.05) is 5.69 Å². The largest absolute Gasteiger partial charge is 0.351 e. The summed E-state index contributed by atoms with van der Waals surface area (Å²) in [6.45, 7) is 0. The van der Waals surface area contributed by atoms with Crippen molar-refractivity contribution in [2.45, 2.75) is 9.79 Å². The normalized spacial score (nSPS) is 11.5. The topological polar surface area (TPSA) is 89.3 Å². The summed E-state index contributed by atoms with van der Waals surface area (Å²) in [5, 5.41) is 2.36. The maximum atomic E-state index is 12.9. The smallest absolute Gasteiger partial charge is 0.316 e. The fourth-order valence-corrected chi connectivity index (χ4v) is 3.85. The second-order valence-corrected chi connectivity index (χ2v) is 7.92. The molecular weight excluding hydrogens is 379 g/mol. The van der Waals surface area contributed by atoms with Gasteiger partial charge in [0.1, 0.15) is 5.82 Å². The number of nitrogens with one attached hydrogen (secondary N) is 1. The molecule has 0 aliphatic carbocycles. The summed E-state index contributed by atoms with van der Waals surface area (Å²) in [4.78, 5) is 11.1. The lowest BCUT2D eigenvalue weighted by Crippen LogP contribution is -2.19. The minimum atomic E-state index is -3.74. The van der Waals surface area contributed by atoms with E-state index in [4.69, 9.17) is 5.73 Å². The van der Waals surface area contributed by atoms with Crippen molar-refractivity contribution in [1.82, 2.24) is 0 Å². The van der Waals surface area contributed by atoms with Gasteiger partial charge in [0.05, 0.1) is 9.79 Å². The Morgan fingerprint density at radius 3 is 2.00 bits per heavy atom. The molecule has 0 aliphatic heterocycles. The maximum absolute atomic E-state index is 12.9. The van der Waals surface area contributed by atoms with Crippen LogP contribution in [0.25, 0.3) is 12.2 Å². The number of nitrogens with two attached hydrogens (primary N) is 1. The van der Waals surface area contributed by atoms with E-state index in [1.54, 1.807) is 36.4 Å². The lowest BCUT2D eigenvalue weighted by atomic mass is 10.1. The highest BCUT2D eigenvalue weighted by atomic mass is 32.2. The molecule has 2 amide bonds. The number of hydrogen-bond acceptors (Lipinski definition) is 3. The zero-order valence-electron chi connectivity index (χ0n) is 14.7. The summed E-state index contributed by atoms with van der Waals surface area (Å²) < 4.78 is 38.5. The molecule has 0 aliphatic rings. The highest BCUT2D eigenvalue weighted by Crippen LogP contribution is 2.24. The Kier molecular flexibility index (Phi) is 5.56. The van der Waals surface area contributed by atoms with E-state index in [-0.39, 0.29) is 15.6 Å². The molecule has 0 aromatic heterocycles. The molecule has 0 fully saturated rings. The van der Waals surface area contributed by atoms with Crippen molar-refractivity contribution in [3.8, 4) is 0 Å². The standard InChI is InChI=1S/C21H17FN2O3S/c22-17-10-6-15(7-11-17)4-5-16-8-12-19(13-9-16)28(26,27)20-3-1-2-18(14-20)24-21(23)25/h1-14H,(H3,23,24,25). The quantitative estimate of drug-likeness (QED) is 0.630. The summed E-state index contributed by atoms with van der Waals surface area (Å²) in [6.07, 6.45) is 3.61. The second-order valence-electron chi connectivity index (χ2n) is 5.97. The van der Waals surface area contributed by atoms with Crippen LogP contribution in [0.5, 0.6) is 0 Å². The molecule has 0 saturated carbocycles. The molecule has 0 atom stereocenters. The van der Waals surface area contributed by atoms with E-state index >= 15 is 0 Å². The van der Waals surface area contributed by atoms with Gasteiger partial charge >= 0.3 is 6.03 Å². The number of rotatable bonds is 5. The number of amides is 2. The molecule has 3 aromatic rings. The molecule has 7 heteroatoms. The van der Waals surface area contributed by atoms with Crippen LogP contribution in [0.3, 0.4) is 0 Å². The van der Waals surface area contributed by atoms with Crippen LogP contribution in [0.4, 0.5) is 14.9 Å². The number of urea groups is 1. The van der Waals surface area contributed by atoms with E-state index in [9.17, 15) is 17.6 Å². The molecule has 0 spiro atoms. The Hall–Kier alpha value is -3.45. The first-order valence-electron chi connectivity index (χ1n) is 8.30.